The van der Waals surface area contributed by atoms with Crippen LogP contribution in [0.3, 0.4) is 0 Å². The minimum atomic E-state index is -0.655. The topological polar surface area (TPSA) is 72.0 Å². The van der Waals surface area contributed by atoms with Crippen LogP contribution in [0, 0.1) is 0 Å². The number of ether oxygens (including phenoxy) is 1. The van der Waals surface area contributed by atoms with Crippen LogP contribution < -0.4 is 0 Å². The molecule has 2 aromatic carbocycles. The lowest BCUT2D eigenvalue weighted by atomic mass is 10.1. The highest BCUT2D eigenvalue weighted by Gasteiger charge is 2.17. The van der Waals surface area contributed by atoms with E-state index >= 15 is 0 Å². The standard InChI is InChI=1S/C21H18N2O3/c1-15(24)19(21(25)26-14-16-8-4-2-5-9-16)12-18-13-22-20(23-18)17-10-6-3-7-11-17/h2-13H,14H2,1H3,(H,22,23)/b19-12-. The number of nitrogens with one attached hydrogen (secondary N) is 1. The summed E-state index contributed by atoms with van der Waals surface area (Å²) in [6, 6.07) is 18.9. The maximum Gasteiger partial charge on any atom is 0.342 e. The summed E-state index contributed by atoms with van der Waals surface area (Å²) in [5.41, 5.74) is 2.31. The fraction of sp³-hybridized carbons (Fsp3) is 0.0952. The molecule has 1 heterocycles. The van der Waals surface area contributed by atoms with Crippen molar-refractivity contribution in [2.45, 2.75) is 13.5 Å². The Bertz CT molecular complexity index is 928. The first-order valence-electron chi connectivity index (χ1n) is 8.17. The molecular formula is C21H18N2O3. The van der Waals surface area contributed by atoms with Gasteiger partial charge >= 0.3 is 5.97 Å². The summed E-state index contributed by atoms with van der Waals surface area (Å²) in [5.74, 6) is -0.353. The molecular weight excluding hydrogens is 328 g/mol. The van der Waals surface area contributed by atoms with Crippen molar-refractivity contribution in [2.24, 2.45) is 0 Å². The number of carbonyl (C=O) groups excluding carboxylic acids is 2. The minimum Gasteiger partial charge on any atom is -0.457 e. The van der Waals surface area contributed by atoms with Gasteiger partial charge in [-0.15, -0.1) is 0 Å². The summed E-state index contributed by atoms with van der Waals surface area (Å²) in [5, 5.41) is 0. The first-order valence-corrected chi connectivity index (χ1v) is 8.17. The van der Waals surface area contributed by atoms with Gasteiger partial charge in [0.2, 0.25) is 0 Å². The van der Waals surface area contributed by atoms with Crippen molar-refractivity contribution < 1.29 is 14.3 Å². The average Bonchev–Trinajstić information content (AvgIpc) is 3.14. The third-order valence-electron chi connectivity index (χ3n) is 3.75. The summed E-state index contributed by atoms with van der Waals surface area (Å²) in [4.78, 5) is 31.6. The molecule has 0 bridgehead atoms. The predicted octanol–water partition coefficient (Wildman–Crippen LogP) is 3.79. The highest BCUT2D eigenvalue weighted by molar-refractivity contribution is 6.19. The molecule has 1 aromatic heterocycles. The van der Waals surface area contributed by atoms with E-state index in [-0.39, 0.29) is 18.0 Å². The summed E-state index contributed by atoms with van der Waals surface area (Å²) < 4.78 is 5.25. The van der Waals surface area contributed by atoms with Crippen LogP contribution in [0.4, 0.5) is 0 Å². The number of rotatable bonds is 6. The molecule has 5 nitrogen and oxygen atoms in total. The zero-order valence-electron chi connectivity index (χ0n) is 14.3. The van der Waals surface area contributed by atoms with Gasteiger partial charge in [0.15, 0.2) is 5.78 Å². The largest absolute Gasteiger partial charge is 0.457 e. The summed E-state index contributed by atoms with van der Waals surface area (Å²) in [7, 11) is 0. The number of H-pyrrole nitrogens is 1. The number of aromatic nitrogens is 2. The number of nitrogens with zero attached hydrogens (tertiary/aromatic N) is 1. The molecule has 130 valence electrons. The van der Waals surface area contributed by atoms with Crippen LogP contribution in [0.1, 0.15) is 18.2 Å². The normalized spacial score (nSPS) is 11.2. The van der Waals surface area contributed by atoms with Gasteiger partial charge < -0.3 is 9.72 Å². The van der Waals surface area contributed by atoms with E-state index < -0.39 is 5.97 Å². The first kappa shape index (κ1) is 17.4. The smallest absolute Gasteiger partial charge is 0.342 e. The number of ketones is 1. The molecule has 0 aliphatic carbocycles. The molecule has 1 N–H and O–H groups in total. The molecule has 0 aliphatic rings. The van der Waals surface area contributed by atoms with Crippen LogP contribution in [0.25, 0.3) is 17.5 Å². The third-order valence-corrected chi connectivity index (χ3v) is 3.75. The molecule has 5 heteroatoms. The van der Waals surface area contributed by atoms with Crippen molar-refractivity contribution in [3.8, 4) is 11.4 Å². The zero-order valence-corrected chi connectivity index (χ0v) is 14.3. The molecule has 0 fully saturated rings. The van der Waals surface area contributed by atoms with E-state index in [1.807, 2.05) is 60.7 Å². The Morgan fingerprint density at radius 3 is 2.35 bits per heavy atom. The number of esters is 1. The van der Waals surface area contributed by atoms with Crippen LogP contribution in [0.5, 0.6) is 0 Å². The van der Waals surface area contributed by atoms with Crippen LogP contribution in [-0.2, 0) is 20.9 Å². The van der Waals surface area contributed by atoms with E-state index in [2.05, 4.69) is 9.97 Å². The van der Waals surface area contributed by atoms with Crippen molar-refractivity contribution >= 4 is 17.8 Å². The van der Waals surface area contributed by atoms with Crippen molar-refractivity contribution in [1.29, 1.82) is 0 Å². The molecule has 0 saturated carbocycles. The van der Waals surface area contributed by atoms with E-state index in [0.29, 0.717) is 11.5 Å². The minimum absolute atomic E-state index is 0.0239. The Labute approximate surface area is 151 Å². The Morgan fingerprint density at radius 2 is 1.69 bits per heavy atom. The van der Waals surface area contributed by atoms with Gasteiger partial charge in [-0.2, -0.15) is 0 Å². The number of hydrogen-bond acceptors (Lipinski definition) is 4. The lowest BCUT2D eigenvalue weighted by Crippen LogP contribution is -2.13. The van der Waals surface area contributed by atoms with Crippen molar-refractivity contribution in [3.63, 3.8) is 0 Å². The summed E-state index contributed by atoms with van der Waals surface area (Å²) >= 11 is 0. The van der Waals surface area contributed by atoms with Gasteiger partial charge in [-0.05, 0) is 18.6 Å². The number of benzene rings is 2. The van der Waals surface area contributed by atoms with E-state index in [4.69, 9.17) is 4.74 Å². The molecule has 0 saturated heterocycles. The van der Waals surface area contributed by atoms with Gasteiger partial charge in [-0.3, -0.25) is 4.79 Å². The Hall–Kier alpha value is -3.47. The van der Waals surface area contributed by atoms with Crippen molar-refractivity contribution in [3.05, 3.63) is 83.7 Å². The number of carbonyl (C=O) groups is 2. The lowest BCUT2D eigenvalue weighted by molar-refractivity contribution is -0.141. The molecule has 0 unspecified atom stereocenters. The fourth-order valence-electron chi connectivity index (χ4n) is 2.41. The number of aromatic amines is 1. The van der Waals surface area contributed by atoms with E-state index in [1.165, 1.54) is 13.0 Å². The highest BCUT2D eigenvalue weighted by Crippen LogP contribution is 2.17. The molecule has 0 aliphatic heterocycles. The first-order chi connectivity index (χ1) is 12.6. The van der Waals surface area contributed by atoms with Crippen LogP contribution in [0.2, 0.25) is 0 Å². The number of Topliss-reactive ketones (excluding diaryl/α,β-unsaturated/α-hetero) is 1. The van der Waals surface area contributed by atoms with Gasteiger partial charge in [0.1, 0.15) is 18.0 Å². The van der Waals surface area contributed by atoms with Gasteiger partial charge in [0.25, 0.3) is 0 Å². The maximum atomic E-state index is 12.3. The lowest BCUT2D eigenvalue weighted by Gasteiger charge is -2.06. The van der Waals surface area contributed by atoms with Crippen LogP contribution >= 0.6 is 0 Å². The van der Waals surface area contributed by atoms with Crippen LogP contribution in [0.15, 0.2) is 72.4 Å². The third kappa shape index (κ3) is 4.33. The average molecular weight is 346 g/mol. The second-order valence-electron chi connectivity index (χ2n) is 5.73. The Kier molecular flexibility index (Phi) is 5.39. The van der Waals surface area contributed by atoms with Crippen LogP contribution in [-0.4, -0.2) is 21.7 Å². The number of hydrogen-bond donors (Lipinski definition) is 1. The van der Waals surface area contributed by atoms with Gasteiger partial charge in [-0.1, -0.05) is 60.7 Å². The summed E-state index contributed by atoms with van der Waals surface area (Å²) in [6.07, 6.45) is 3.05. The molecule has 3 rings (SSSR count). The monoisotopic (exact) mass is 346 g/mol. The van der Waals surface area contributed by atoms with Gasteiger partial charge in [0, 0.05) is 5.56 Å². The molecule has 0 spiro atoms. The van der Waals surface area contributed by atoms with Gasteiger partial charge in [0.05, 0.1) is 11.9 Å². The summed E-state index contributed by atoms with van der Waals surface area (Å²) in [6.45, 7) is 1.45. The number of imidazole rings is 1. The zero-order chi connectivity index (χ0) is 18.4. The molecule has 26 heavy (non-hydrogen) atoms. The van der Waals surface area contributed by atoms with E-state index in [0.717, 1.165) is 11.1 Å². The molecule has 0 amide bonds. The van der Waals surface area contributed by atoms with E-state index in [9.17, 15) is 9.59 Å². The maximum absolute atomic E-state index is 12.3. The van der Waals surface area contributed by atoms with Crippen molar-refractivity contribution in [1.82, 2.24) is 9.97 Å². The van der Waals surface area contributed by atoms with E-state index in [1.54, 1.807) is 6.20 Å². The quantitative estimate of drug-likeness (QED) is 0.319. The predicted molar refractivity (Wildman–Crippen MR) is 98.9 cm³/mol. The molecule has 3 aromatic rings. The highest BCUT2D eigenvalue weighted by atomic mass is 16.5. The second kappa shape index (κ2) is 8.07. The Balaban J connectivity index is 1.76. The molecule has 0 atom stereocenters. The van der Waals surface area contributed by atoms with Crippen molar-refractivity contribution in [2.75, 3.05) is 0 Å². The Morgan fingerprint density at radius 1 is 1.04 bits per heavy atom. The van der Waals surface area contributed by atoms with Gasteiger partial charge in [-0.25, -0.2) is 9.78 Å². The fourth-order valence-corrected chi connectivity index (χ4v) is 2.41. The second-order valence-corrected chi connectivity index (χ2v) is 5.73. The molecule has 0 radical (unpaired) electrons. The SMILES string of the molecule is CC(=O)/C(=C/c1cnc(-c2ccccc2)[nH]1)C(=O)OCc1ccccc1.